The molecule has 0 radical (unpaired) electrons. The third-order valence-corrected chi connectivity index (χ3v) is 4.95. The number of H-pyrrole nitrogens is 1. The number of hydrogen-bond donors (Lipinski definition) is 2. The highest BCUT2D eigenvalue weighted by Crippen LogP contribution is 2.25. The Balaban J connectivity index is 2.49. The number of rotatable bonds is 4. The number of nitrogens with one attached hydrogen (secondary N) is 1. The Labute approximate surface area is 116 Å². The molecule has 0 aliphatic rings. The molecule has 1 aromatic heterocycles. The predicted molar refractivity (Wildman–Crippen MR) is 73.2 cm³/mol. The van der Waals surface area contributed by atoms with E-state index in [-0.39, 0.29) is 17.1 Å². The summed E-state index contributed by atoms with van der Waals surface area (Å²) in [6, 6.07) is 5.19. The molecule has 0 fully saturated rings. The van der Waals surface area contributed by atoms with Crippen molar-refractivity contribution in [3.8, 4) is 0 Å². The fourth-order valence-electron chi connectivity index (χ4n) is 1.88. The molecule has 6 nitrogen and oxygen atoms in total. The van der Waals surface area contributed by atoms with E-state index in [1.807, 2.05) is 0 Å². The molecule has 3 N–H and O–H groups in total. The third-order valence-electron chi connectivity index (χ3n) is 2.96. The van der Waals surface area contributed by atoms with E-state index in [1.165, 1.54) is 31.3 Å². The van der Waals surface area contributed by atoms with Gasteiger partial charge in [0.1, 0.15) is 10.7 Å². The molecule has 0 atom stereocenters. The number of aromatic amines is 1. The second kappa shape index (κ2) is 5.22. The number of sulfonamides is 1. The van der Waals surface area contributed by atoms with Crippen molar-refractivity contribution in [1.29, 1.82) is 0 Å². The van der Waals surface area contributed by atoms with Gasteiger partial charge < -0.3 is 5.73 Å². The van der Waals surface area contributed by atoms with E-state index in [9.17, 15) is 12.8 Å². The van der Waals surface area contributed by atoms with Crippen molar-refractivity contribution in [3.63, 3.8) is 0 Å². The van der Waals surface area contributed by atoms with Gasteiger partial charge in [-0.1, -0.05) is 0 Å². The Morgan fingerprint density at radius 3 is 2.50 bits per heavy atom. The lowest BCUT2D eigenvalue weighted by Gasteiger charge is -2.19. The van der Waals surface area contributed by atoms with E-state index in [4.69, 9.17) is 5.73 Å². The molecule has 20 heavy (non-hydrogen) atoms. The van der Waals surface area contributed by atoms with Crippen LogP contribution in [-0.4, -0.2) is 25.7 Å². The van der Waals surface area contributed by atoms with Crippen LogP contribution < -0.4 is 10.0 Å². The largest absolute Gasteiger partial charge is 0.325 e. The van der Waals surface area contributed by atoms with Crippen LogP contribution in [0.5, 0.6) is 0 Å². The van der Waals surface area contributed by atoms with Gasteiger partial charge in [-0.25, -0.2) is 12.8 Å². The average Bonchev–Trinajstić information content (AvgIpc) is 2.80. The molecule has 0 unspecified atom stereocenters. The molecule has 2 rings (SSSR count). The summed E-state index contributed by atoms with van der Waals surface area (Å²) in [5, 5.41) is 6.49. The van der Waals surface area contributed by atoms with E-state index < -0.39 is 15.8 Å². The fraction of sp³-hybridized carbons (Fsp3) is 0.250. The number of nitrogens with two attached hydrogens (primary N) is 1. The molecule has 0 aliphatic carbocycles. The Bertz CT molecular complexity index is 710. The highest BCUT2D eigenvalue weighted by Gasteiger charge is 2.28. The van der Waals surface area contributed by atoms with Gasteiger partial charge >= 0.3 is 0 Å². The Kier molecular flexibility index (Phi) is 3.78. The van der Waals surface area contributed by atoms with Crippen LogP contribution in [0.4, 0.5) is 10.1 Å². The van der Waals surface area contributed by atoms with Gasteiger partial charge in [-0.15, -0.1) is 0 Å². The highest BCUT2D eigenvalue weighted by atomic mass is 32.2. The Hall–Kier alpha value is -1.93. The molecule has 2 aromatic rings. The third kappa shape index (κ3) is 2.39. The summed E-state index contributed by atoms with van der Waals surface area (Å²) in [5.74, 6) is -0.429. The van der Waals surface area contributed by atoms with Crippen LogP contribution in [0.3, 0.4) is 0 Å². The monoisotopic (exact) mass is 298 g/mol. The quantitative estimate of drug-likeness (QED) is 0.885. The van der Waals surface area contributed by atoms with E-state index in [1.54, 1.807) is 6.92 Å². The second-order valence-corrected chi connectivity index (χ2v) is 6.18. The molecule has 0 spiro atoms. The first kappa shape index (κ1) is 14.5. The summed E-state index contributed by atoms with van der Waals surface area (Å²) in [6.45, 7) is 1.62. The Morgan fingerprint density at radius 1 is 1.35 bits per heavy atom. The zero-order valence-electron chi connectivity index (χ0n) is 11.1. The zero-order valence-corrected chi connectivity index (χ0v) is 11.9. The minimum Gasteiger partial charge on any atom is -0.325 e. The number of aromatic nitrogens is 2. The summed E-state index contributed by atoms with van der Waals surface area (Å²) in [7, 11) is -2.40. The number of halogens is 1. The number of nitrogens with zero attached hydrogens (tertiary/aromatic N) is 2. The lowest BCUT2D eigenvalue weighted by atomic mass is 10.3. The molecule has 0 saturated heterocycles. The van der Waals surface area contributed by atoms with Gasteiger partial charge in [0.25, 0.3) is 10.0 Å². The number of anilines is 1. The van der Waals surface area contributed by atoms with E-state index in [0.29, 0.717) is 11.4 Å². The van der Waals surface area contributed by atoms with Crippen molar-refractivity contribution in [2.45, 2.75) is 18.4 Å². The van der Waals surface area contributed by atoms with E-state index in [2.05, 4.69) is 10.2 Å². The lowest BCUT2D eigenvalue weighted by molar-refractivity contribution is 0.592. The topological polar surface area (TPSA) is 92.1 Å². The molecule has 0 aliphatic heterocycles. The highest BCUT2D eigenvalue weighted by molar-refractivity contribution is 7.92. The first-order valence-electron chi connectivity index (χ1n) is 5.86. The van der Waals surface area contributed by atoms with Crippen molar-refractivity contribution in [3.05, 3.63) is 41.5 Å². The number of benzene rings is 1. The predicted octanol–water partition coefficient (Wildman–Crippen LogP) is 1.14. The van der Waals surface area contributed by atoms with Crippen molar-refractivity contribution in [2.75, 3.05) is 11.4 Å². The summed E-state index contributed by atoms with van der Waals surface area (Å²) in [5.41, 5.74) is 6.55. The molecule has 1 heterocycles. The van der Waals surface area contributed by atoms with Gasteiger partial charge in [0, 0.05) is 13.6 Å². The van der Waals surface area contributed by atoms with Crippen molar-refractivity contribution < 1.29 is 12.8 Å². The normalized spacial score (nSPS) is 11.6. The zero-order chi connectivity index (χ0) is 14.9. The standard InChI is InChI=1S/C12H15FN4O2S/c1-8-12(11(7-14)16-15-8)20(18,19)17(2)10-5-3-9(13)4-6-10/h3-6H,7,14H2,1-2H3,(H,15,16). The van der Waals surface area contributed by atoms with Crippen LogP contribution in [0.2, 0.25) is 0 Å². The average molecular weight is 298 g/mol. The van der Waals surface area contributed by atoms with E-state index in [0.717, 1.165) is 4.31 Å². The maximum Gasteiger partial charge on any atom is 0.267 e. The van der Waals surface area contributed by atoms with Gasteiger partial charge in [-0.3, -0.25) is 9.40 Å². The maximum atomic E-state index is 12.9. The van der Waals surface area contributed by atoms with Crippen LogP contribution in [0, 0.1) is 12.7 Å². The Morgan fingerprint density at radius 2 is 1.95 bits per heavy atom. The van der Waals surface area contributed by atoms with Crippen LogP contribution in [-0.2, 0) is 16.6 Å². The second-order valence-electron chi connectivity index (χ2n) is 4.28. The molecule has 0 bridgehead atoms. The van der Waals surface area contributed by atoms with Crippen LogP contribution in [0.15, 0.2) is 29.2 Å². The van der Waals surface area contributed by atoms with Crippen molar-refractivity contribution in [1.82, 2.24) is 10.2 Å². The summed E-state index contributed by atoms with van der Waals surface area (Å²) >= 11 is 0. The van der Waals surface area contributed by atoms with Gasteiger partial charge in [0.2, 0.25) is 0 Å². The number of hydrogen-bond acceptors (Lipinski definition) is 4. The van der Waals surface area contributed by atoms with Crippen LogP contribution >= 0.6 is 0 Å². The van der Waals surface area contributed by atoms with E-state index >= 15 is 0 Å². The van der Waals surface area contributed by atoms with Gasteiger partial charge in [-0.2, -0.15) is 5.10 Å². The van der Waals surface area contributed by atoms with Gasteiger partial charge in [0.15, 0.2) is 0 Å². The van der Waals surface area contributed by atoms with Crippen molar-refractivity contribution in [2.24, 2.45) is 5.73 Å². The lowest BCUT2D eigenvalue weighted by Crippen LogP contribution is -2.28. The van der Waals surface area contributed by atoms with Crippen LogP contribution in [0.25, 0.3) is 0 Å². The van der Waals surface area contributed by atoms with Gasteiger partial charge in [0.05, 0.1) is 17.1 Å². The molecule has 0 amide bonds. The summed E-state index contributed by atoms with van der Waals surface area (Å²) in [4.78, 5) is 0.0619. The summed E-state index contributed by atoms with van der Waals surface area (Å²) < 4.78 is 39.2. The first-order valence-corrected chi connectivity index (χ1v) is 7.30. The maximum absolute atomic E-state index is 12.9. The molecule has 108 valence electrons. The van der Waals surface area contributed by atoms with Crippen LogP contribution in [0.1, 0.15) is 11.4 Å². The fourth-order valence-corrected chi connectivity index (χ4v) is 3.41. The molecule has 0 saturated carbocycles. The smallest absolute Gasteiger partial charge is 0.267 e. The molecular weight excluding hydrogens is 283 g/mol. The first-order chi connectivity index (χ1) is 9.37. The minimum absolute atomic E-state index is 0.0101. The minimum atomic E-state index is -3.80. The SMILES string of the molecule is Cc1[nH]nc(CN)c1S(=O)(=O)N(C)c1ccc(F)cc1. The molecule has 8 heteroatoms. The van der Waals surface area contributed by atoms with Gasteiger partial charge in [-0.05, 0) is 31.2 Å². The van der Waals surface area contributed by atoms with Crippen molar-refractivity contribution >= 4 is 15.7 Å². The molecular formula is C12H15FN4O2S. The molecule has 1 aromatic carbocycles. The number of aryl methyl sites for hydroxylation is 1. The summed E-state index contributed by atoms with van der Waals surface area (Å²) in [6.07, 6.45) is 0.